The molecule has 0 spiro atoms. The van der Waals surface area contributed by atoms with Gasteiger partial charge in [-0.3, -0.25) is 4.79 Å². The van der Waals surface area contributed by atoms with E-state index in [-0.39, 0.29) is 24.8 Å². The number of esters is 1. The second-order valence-corrected chi connectivity index (χ2v) is 4.59. The molecular weight excluding hydrogens is 286 g/mol. The van der Waals surface area contributed by atoms with Gasteiger partial charge in [-0.15, -0.1) is 0 Å². The third kappa shape index (κ3) is 3.20. The number of hydrogen-bond donors (Lipinski definition) is 3. The summed E-state index contributed by atoms with van der Waals surface area (Å²) in [5, 5.41) is 6.18. The van der Waals surface area contributed by atoms with Crippen molar-refractivity contribution in [3.63, 3.8) is 0 Å². The van der Waals surface area contributed by atoms with Gasteiger partial charge in [0.2, 0.25) is 5.91 Å². The van der Waals surface area contributed by atoms with Gasteiger partial charge in [-0.2, -0.15) is 0 Å². The quantitative estimate of drug-likeness (QED) is 0.704. The van der Waals surface area contributed by atoms with Crippen LogP contribution in [0.15, 0.2) is 18.2 Å². The average molecular weight is 305 g/mol. The molecule has 7 heteroatoms. The molecule has 0 bridgehead atoms. The first-order valence-electron chi connectivity index (χ1n) is 6.92. The monoisotopic (exact) mass is 305 g/mol. The van der Waals surface area contributed by atoms with Gasteiger partial charge < -0.3 is 25.1 Å². The predicted octanol–water partition coefficient (Wildman–Crippen LogP) is 1.51. The predicted molar refractivity (Wildman–Crippen MR) is 83.4 cm³/mol. The van der Waals surface area contributed by atoms with Crippen molar-refractivity contribution in [3.8, 4) is 5.75 Å². The summed E-state index contributed by atoms with van der Waals surface area (Å²) >= 11 is 0. The Morgan fingerprint density at radius 1 is 1.32 bits per heavy atom. The number of anilines is 1. The summed E-state index contributed by atoms with van der Waals surface area (Å²) in [6, 6.07) is 5.31. The minimum Gasteiger partial charge on any atom is -0.497 e. The number of ether oxygens (including phenoxy) is 2. The largest absolute Gasteiger partial charge is 0.497 e. The molecule has 1 aromatic carbocycles. The molecule has 0 fully saturated rings. The van der Waals surface area contributed by atoms with Crippen LogP contribution in [-0.2, 0) is 9.53 Å². The van der Waals surface area contributed by atoms with E-state index < -0.39 is 5.97 Å². The fourth-order valence-corrected chi connectivity index (χ4v) is 2.13. The maximum absolute atomic E-state index is 12.1. The van der Waals surface area contributed by atoms with Crippen molar-refractivity contribution in [2.24, 2.45) is 0 Å². The van der Waals surface area contributed by atoms with Gasteiger partial charge in [0.1, 0.15) is 11.4 Å². The minimum absolute atomic E-state index is 0.138. The van der Waals surface area contributed by atoms with Crippen LogP contribution in [-0.4, -0.2) is 44.2 Å². The Morgan fingerprint density at radius 3 is 2.73 bits per heavy atom. The molecule has 0 saturated heterocycles. The van der Waals surface area contributed by atoms with Gasteiger partial charge >= 0.3 is 5.97 Å². The maximum Gasteiger partial charge on any atom is 0.356 e. The molecule has 1 heterocycles. The van der Waals surface area contributed by atoms with Gasteiger partial charge in [-0.1, -0.05) is 0 Å². The third-order valence-electron chi connectivity index (χ3n) is 3.09. The molecule has 1 amide bonds. The highest BCUT2D eigenvalue weighted by Gasteiger charge is 2.20. The Kier molecular flexibility index (Phi) is 5.00. The van der Waals surface area contributed by atoms with Gasteiger partial charge in [0, 0.05) is 10.9 Å². The number of fused-ring (bicyclic) bond motifs is 1. The summed E-state index contributed by atoms with van der Waals surface area (Å²) in [4.78, 5) is 26.9. The lowest BCUT2D eigenvalue weighted by molar-refractivity contribution is -0.115. The van der Waals surface area contributed by atoms with Crippen LogP contribution >= 0.6 is 0 Å². The maximum atomic E-state index is 12.1. The van der Waals surface area contributed by atoms with E-state index in [1.165, 1.54) is 0 Å². The summed E-state index contributed by atoms with van der Waals surface area (Å²) < 4.78 is 10.2. The van der Waals surface area contributed by atoms with E-state index in [2.05, 4.69) is 15.6 Å². The fraction of sp³-hybridized carbons (Fsp3) is 0.333. The highest BCUT2D eigenvalue weighted by Crippen LogP contribution is 2.31. The number of methoxy groups -OCH3 is 1. The van der Waals surface area contributed by atoms with E-state index in [9.17, 15) is 9.59 Å². The van der Waals surface area contributed by atoms with Crippen molar-refractivity contribution < 1.29 is 19.1 Å². The molecule has 2 aromatic rings. The summed E-state index contributed by atoms with van der Waals surface area (Å²) in [5.74, 6) is -0.139. The summed E-state index contributed by atoms with van der Waals surface area (Å²) in [6.07, 6.45) is 0. The third-order valence-corrected chi connectivity index (χ3v) is 3.09. The van der Waals surface area contributed by atoms with Crippen molar-refractivity contribution in [2.75, 3.05) is 32.6 Å². The van der Waals surface area contributed by atoms with E-state index in [4.69, 9.17) is 9.47 Å². The van der Waals surface area contributed by atoms with Crippen LogP contribution in [0.5, 0.6) is 5.75 Å². The zero-order chi connectivity index (χ0) is 16.1. The van der Waals surface area contributed by atoms with Gasteiger partial charge in [-0.05, 0) is 32.2 Å². The molecule has 118 valence electrons. The molecule has 0 aliphatic rings. The lowest BCUT2D eigenvalue weighted by atomic mass is 10.2. The first-order chi connectivity index (χ1) is 10.6. The first-order valence-corrected chi connectivity index (χ1v) is 6.92. The van der Waals surface area contributed by atoms with E-state index in [1.54, 1.807) is 39.3 Å². The number of benzene rings is 1. The van der Waals surface area contributed by atoms with Crippen molar-refractivity contribution in [2.45, 2.75) is 6.92 Å². The lowest BCUT2D eigenvalue weighted by Crippen LogP contribution is -2.25. The minimum atomic E-state index is -0.516. The smallest absolute Gasteiger partial charge is 0.356 e. The van der Waals surface area contributed by atoms with Crippen LogP contribution < -0.4 is 15.4 Å². The van der Waals surface area contributed by atoms with E-state index >= 15 is 0 Å². The van der Waals surface area contributed by atoms with Crippen LogP contribution in [0.2, 0.25) is 0 Å². The van der Waals surface area contributed by atoms with E-state index in [1.807, 2.05) is 0 Å². The topological polar surface area (TPSA) is 92.5 Å². The first kappa shape index (κ1) is 15.8. The Labute approximate surface area is 128 Å². The van der Waals surface area contributed by atoms with Crippen LogP contribution in [0.4, 0.5) is 5.69 Å². The molecule has 0 saturated carbocycles. The Hall–Kier alpha value is -2.54. The Balaban J connectivity index is 2.51. The summed E-state index contributed by atoms with van der Waals surface area (Å²) in [7, 11) is 3.23. The molecule has 22 heavy (non-hydrogen) atoms. The zero-order valence-corrected chi connectivity index (χ0v) is 12.8. The Morgan fingerprint density at radius 2 is 2.09 bits per heavy atom. The number of amides is 1. The molecule has 1 aromatic heterocycles. The number of aromatic nitrogens is 1. The van der Waals surface area contributed by atoms with Gasteiger partial charge in [0.25, 0.3) is 0 Å². The second kappa shape index (κ2) is 6.95. The number of H-pyrrole nitrogens is 1. The van der Waals surface area contributed by atoms with Gasteiger partial charge in [0.05, 0.1) is 25.9 Å². The molecule has 0 unspecified atom stereocenters. The summed E-state index contributed by atoms with van der Waals surface area (Å²) in [5.41, 5.74) is 1.32. The van der Waals surface area contributed by atoms with Crippen LogP contribution in [0.25, 0.3) is 10.9 Å². The van der Waals surface area contributed by atoms with Crippen LogP contribution in [0.1, 0.15) is 17.4 Å². The highest BCUT2D eigenvalue weighted by molar-refractivity contribution is 6.11. The fourth-order valence-electron chi connectivity index (χ4n) is 2.13. The SMILES string of the molecule is CCOC(=O)c1[nH]c2ccc(OC)cc2c1NC(=O)CNC. The number of hydrogen-bond acceptors (Lipinski definition) is 5. The number of likely N-dealkylation sites (N-methyl/N-ethyl adjacent to an activating group) is 1. The van der Waals surface area contributed by atoms with Crippen molar-refractivity contribution in [1.82, 2.24) is 10.3 Å². The van der Waals surface area contributed by atoms with Crippen molar-refractivity contribution >= 4 is 28.5 Å². The molecule has 0 aliphatic carbocycles. The summed E-state index contributed by atoms with van der Waals surface area (Å²) in [6.45, 7) is 2.11. The molecule has 0 atom stereocenters. The number of carbonyl (C=O) groups excluding carboxylic acids is 2. The molecular formula is C15H19N3O4. The normalized spacial score (nSPS) is 10.5. The van der Waals surface area contributed by atoms with E-state index in [0.717, 1.165) is 0 Å². The lowest BCUT2D eigenvalue weighted by Gasteiger charge is -2.07. The van der Waals surface area contributed by atoms with Crippen LogP contribution in [0.3, 0.4) is 0 Å². The number of rotatable bonds is 6. The Bertz CT molecular complexity index is 693. The van der Waals surface area contributed by atoms with E-state index in [0.29, 0.717) is 22.3 Å². The molecule has 7 nitrogen and oxygen atoms in total. The van der Waals surface area contributed by atoms with Crippen LogP contribution in [0, 0.1) is 0 Å². The number of nitrogens with one attached hydrogen (secondary N) is 3. The second-order valence-electron chi connectivity index (χ2n) is 4.59. The number of carbonyl (C=O) groups is 2. The number of aromatic amines is 1. The zero-order valence-electron chi connectivity index (χ0n) is 12.8. The average Bonchev–Trinajstić information content (AvgIpc) is 2.85. The molecule has 0 radical (unpaired) electrons. The van der Waals surface area contributed by atoms with Crippen molar-refractivity contribution in [3.05, 3.63) is 23.9 Å². The highest BCUT2D eigenvalue weighted by atomic mass is 16.5. The molecule has 2 rings (SSSR count). The molecule has 3 N–H and O–H groups in total. The van der Waals surface area contributed by atoms with Gasteiger partial charge in [-0.25, -0.2) is 4.79 Å². The standard InChI is InChI=1S/C15H19N3O4/c1-4-22-15(20)14-13(18-12(19)8-16-2)10-7-9(21-3)5-6-11(10)17-14/h5-7,16-17H,4,8H2,1-3H3,(H,18,19). The molecule has 0 aliphatic heterocycles. The van der Waals surface area contributed by atoms with Crippen molar-refractivity contribution in [1.29, 1.82) is 0 Å². The van der Waals surface area contributed by atoms with Gasteiger partial charge in [0.15, 0.2) is 0 Å².